The number of hydrogen-bond donors (Lipinski definition) is 0. The van der Waals surface area contributed by atoms with E-state index in [1.807, 2.05) is 55.5 Å². The van der Waals surface area contributed by atoms with Crippen molar-refractivity contribution >= 4 is 82.0 Å². The van der Waals surface area contributed by atoms with E-state index in [0.29, 0.717) is 21.9 Å². The number of benzene rings is 2. The highest BCUT2D eigenvalue weighted by Gasteiger charge is 2.32. The summed E-state index contributed by atoms with van der Waals surface area (Å²) in [5.41, 5.74) is 2.52. The number of pyridine rings is 2. The fourth-order valence-electron chi connectivity index (χ4n) is 6.12. The van der Waals surface area contributed by atoms with Crippen LogP contribution in [0.1, 0.15) is 31.3 Å². The van der Waals surface area contributed by atoms with Crippen LogP contribution in [0.4, 0.5) is 0 Å². The number of allylic oxidation sites excluding steroid dienone is 4. The van der Waals surface area contributed by atoms with Gasteiger partial charge in [0.05, 0.1) is 32.1 Å². The molecule has 0 saturated heterocycles. The van der Waals surface area contributed by atoms with E-state index >= 15 is 0 Å². The van der Waals surface area contributed by atoms with Gasteiger partial charge in [-0.3, -0.25) is 23.5 Å². The van der Waals surface area contributed by atoms with Crippen LogP contribution < -0.4 is 16.6 Å². The number of alkyl halides is 2. The Morgan fingerprint density at radius 2 is 1.42 bits per heavy atom. The molecule has 8 rings (SSSR count). The smallest absolute Gasteiger partial charge is 0.264 e. The first kappa shape index (κ1) is 22.6. The molecule has 0 saturated carbocycles. The summed E-state index contributed by atoms with van der Waals surface area (Å²) in [6.45, 7) is 4.10. The lowest BCUT2D eigenvalue weighted by Gasteiger charge is -2.16. The lowest BCUT2D eigenvalue weighted by molar-refractivity contribution is 0.583. The summed E-state index contributed by atoms with van der Waals surface area (Å²) >= 11 is 7.39. The zero-order chi connectivity index (χ0) is 26.1. The van der Waals surface area contributed by atoms with E-state index in [4.69, 9.17) is 9.98 Å². The molecule has 0 N–H and O–H groups in total. The average Bonchev–Trinajstić information content (AvgIpc) is 3.35. The van der Waals surface area contributed by atoms with E-state index in [1.54, 1.807) is 8.97 Å². The Hall–Kier alpha value is -3.36. The van der Waals surface area contributed by atoms with Crippen LogP contribution in [0.3, 0.4) is 0 Å². The largest absolute Gasteiger partial charge is 0.283 e. The SMILES string of the molecule is CC1(Br)C=Cc2nc3c4ccc5c(=O)n6c(c7ccc(c(=O)n3c2C=C1)c4c57)=NC1C=CC(C)(Br)C=CC16. The molecule has 2 aromatic carbocycles. The van der Waals surface area contributed by atoms with Gasteiger partial charge in [-0.25, -0.2) is 4.98 Å². The number of imidazole rings is 1. The number of nitrogens with zero attached hydrogens (tertiary/aromatic N) is 4. The van der Waals surface area contributed by atoms with Crippen LogP contribution in [0, 0.1) is 0 Å². The highest BCUT2D eigenvalue weighted by Crippen LogP contribution is 2.37. The molecule has 2 aliphatic carbocycles. The fourth-order valence-corrected chi connectivity index (χ4v) is 6.69. The minimum absolute atomic E-state index is 0.0942. The van der Waals surface area contributed by atoms with Gasteiger partial charge >= 0.3 is 0 Å². The van der Waals surface area contributed by atoms with Crippen LogP contribution in [0.25, 0.3) is 50.1 Å². The fraction of sp³-hybridized carbons (Fsp3) is 0.200. The lowest BCUT2D eigenvalue weighted by Crippen LogP contribution is -2.34. The molecule has 4 atom stereocenters. The summed E-state index contributed by atoms with van der Waals surface area (Å²) in [6, 6.07) is 7.27. The third-order valence-electron chi connectivity index (χ3n) is 7.99. The monoisotopic (exact) mass is 626 g/mol. The second-order valence-electron chi connectivity index (χ2n) is 10.7. The van der Waals surface area contributed by atoms with Gasteiger partial charge in [-0.1, -0.05) is 68.3 Å². The predicted molar refractivity (Wildman–Crippen MR) is 160 cm³/mol. The summed E-state index contributed by atoms with van der Waals surface area (Å²) in [7, 11) is 0. The van der Waals surface area contributed by atoms with Crippen LogP contribution in [0.2, 0.25) is 0 Å². The Kier molecular flexibility index (Phi) is 4.27. The maximum Gasteiger partial charge on any atom is 0.264 e. The van der Waals surface area contributed by atoms with E-state index in [2.05, 4.69) is 63.1 Å². The van der Waals surface area contributed by atoms with Crippen LogP contribution >= 0.6 is 31.9 Å². The molecule has 3 aliphatic rings. The Labute approximate surface area is 233 Å². The molecular formula is C30H20Br2N4O2. The van der Waals surface area contributed by atoms with Crippen molar-refractivity contribution in [1.82, 2.24) is 14.0 Å². The molecule has 4 heterocycles. The molecular weight excluding hydrogens is 608 g/mol. The normalized spacial score (nSPS) is 27.7. The van der Waals surface area contributed by atoms with Crippen molar-refractivity contribution in [2.75, 3.05) is 0 Å². The van der Waals surface area contributed by atoms with Crippen molar-refractivity contribution in [3.8, 4) is 0 Å². The molecule has 0 fully saturated rings. The molecule has 186 valence electrons. The van der Waals surface area contributed by atoms with Crippen molar-refractivity contribution in [1.29, 1.82) is 0 Å². The van der Waals surface area contributed by atoms with Crippen molar-refractivity contribution in [2.45, 2.75) is 34.6 Å². The maximum atomic E-state index is 14.0. The first-order valence-corrected chi connectivity index (χ1v) is 14.1. The van der Waals surface area contributed by atoms with Gasteiger partial charge in [0.1, 0.15) is 11.1 Å². The van der Waals surface area contributed by atoms with Gasteiger partial charge in [0.2, 0.25) is 0 Å². The number of aromatic nitrogens is 3. The standard InChI is InChI=1S/C30H20Br2N4O2/c1-29(31)11-7-19-21(9-13-29)35-25(33-19)15-3-6-18-24-16(4-5-17(23(15)24)27(35)37)26-34-20-8-12-30(2,32)14-10-22(20)36(26)28(18)38/h3-14,19,21H,1-2H3. The van der Waals surface area contributed by atoms with Crippen molar-refractivity contribution in [3.63, 3.8) is 0 Å². The zero-order valence-corrected chi connectivity index (χ0v) is 23.6. The molecule has 8 heteroatoms. The topological polar surface area (TPSA) is 68.7 Å². The van der Waals surface area contributed by atoms with Gasteiger partial charge in [-0.2, -0.15) is 0 Å². The van der Waals surface area contributed by atoms with Gasteiger partial charge < -0.3 is 0 Å². The number of halogens is 2. The highest BCUT2D eigenvalue weighted by molar-refractivity contribution is 9.10. The predicted octanol–water partition coefficient (Wildman–Crippen LogP) is 5.49. The molecule has 6 nitrogen and oxygen atoms in total. The minimum atomic E-state index is -0.313. The second kappa shape index (κ2) is 7.18. The van der Waals surface area contributed by atoms with Gasteiger partial charge in [-0.05, 0) is 50.3 Å². The third kappa shape index (κ3) is 2.87. The number of rotatable bonds is 0. The Morgan fingerprint density at radius 3 is 2.24 bits per heavy atom. The summed E-state index contributed by atoms with van der Waals surface area (Å²) in [5, 5.41) is 4.44. The molecule has 38 heavy (non-hydrogen) atoms. The van der Waals surface area contributed by atoms with Crippen molar-refractivity contribution in [2.24, 2.45) is 4.99 Å². The average molecular weight is 628 g/mol. The van der Waals surface area contributed by atoms with Crippen LogP contribution in [0.15, 0.2) is 75.3 Å². The molecule has 3 aromatic heterocycles. The molecule has 0 bridgehead atoms. The Morgan fingerprint density at radius 1 is 0.789 bits per heavy atom. The maximum absolute atomic E-state index is 14.0. The van der Waals surface area contributed by atoms with E-state index in [1.165, 1.54) is 0 Å². The Bertz CT molecular complexity index is 2200. The summed E-state index contributed by atoms with van der Waals surface area (Å²) < 4.78 is 2.91. The van der Waals surface area contributed by atoms with Crippen LogP contribution in [-0.4, -0.2) is 28.6 Å². The van der Waals surface area contributed by atoms with Crippen LogP contribution in [-0.2, 0) is 0 Å². The summed E-state index contributed by atoms with van der Waals surface area (Å²) in [4.78, 5) is 37.8. The molecule has 0 radical (unpaired) electrons. The molecule has 5 aromatic rings. The second-order valence-corrected chi connectivity index (χ2v) is 14.1. The van der Waals surface area contributed by atoms with Crippen molar-refractivity contribution < 1.29 is 0 Å². The number of hydrogen-bond acceptors (Lipinski definition) is 4. The van der Waals surface area contributed by atoms with E-state index < -0.39 is 0 Å². The van der Waals surface area contributed by atoms with E-state index in [9.17, 15) is 9.59 Å². The Balaban J connectivity index is 1.51. The van der Waals surface area contributed by atoms with E-state index in [0.717, 1.165) is 32.9 Å². The van der Waals surface area contributed by atoms with Gasteiger partial charge in [0, 0.05) is 32.3 Å². The summed E-state index contributed by atoms with van der Waals surface area (Å²) in [5.74, 6) is 0. The van der Waals surface area contributed by atoms with Gasteiger partial charge in [-0.15, -0.1) is 0 Å². The number of fused-ring (bicyclic) bond motifs is 8. The molecule has 1 aliphatic heterocycles. The minimum Gasteiger partial charge on any atom is -0.283 e. The van der Waals surface area contributed by atoms with Gasteiger partial charge in [0.25, 0.3) is 11.1 Å². The quantitative estimate of drug-likeness (QED) is 0.130. The molecule has 4 unspecified atom stereocenters. The van der Waals surface area contributed by atoms with Crippen molar-refractivity contribution in [3.05, 3.63) is 98.3 Å². The van der Waals surface area contributed by atoms with Gasteiger partial charge in [0.15, 0.2) is 0 Å². The zero-order valence-electron chi connectivity index (χ0n) is 20.4. The van der Waals surface area contributed by atoms with Crippen LogP contribution in [0.5, 0.6) is 0 Å². The molecule has 0 amide bonds. The van der Waals surface area contributed by atoms with E-state index in [-0.39, 0.29) is 31.9 Å². The third-order valence-corrected chi connectivity index (χ3v) is 9.04. The lowest BCUT2D eigenvalue weighted by atomic mass is 9.96. The molecule has 0 spiro atoms. The first-order valence-electron chi connectivity index (χ1n) is 12.5. The summed E-state index contributed by atoms with van der Waals surface area (Å²) in [6.07, 6.45) is 16.2. The highest BCUT2D eigenvalue weighted by atomic mass is 79.9. The first-order chi connectivity index (χ1) is 18.1.